The van der Waals surface area contributed by atoms with E-state index in [2.05, 4.69) is 4.98 Å². The van der Waals surface area contributed by atoms with Crippen LogP contribution in [-0.2, 0) is 4.79 Å². The number of anilines is 1. The van der Waals surface area contributed by atoms with Crippen molar-refractivity contribution >= 4 is 28.8 Å². The van der Waals surface area contributed by atoms with Gasteiger partial charge in [0.05, 0.1) is 10.7 Å². The Labute approximate surface area is 145 Å². The van der Waals surface area contributed by atoms with Crippen LogP contribution in [0.3, 0.4) is 0 Å². The van der Waals surface area contributed by atoms with Crippen molar-refractivity contribution < 1.29 is 9.59 Å². The Morgan fingerprint density at radius 1 is 1.33 bits per heavy atom. The predicted octanol–water partition coefficient (Wildman–Crippen LogP) is 3.03. The van der Waals surface area contributed by atoms with Gasteiger partial charge in [-0.2, -0.15) is 0 Å². The zero-order chi connectivity index (χ0) is 17.3. The molecule has 1 aliphatic rings. The lowest BCUT2D eigenvalue weighted by atomic mass is 10.2. The van der Waals surface area contributed by atoms with Gasteiger partial charge in [-0.15, -0.1) is 11.3 Å². The second-order valence-corrected chi connectivity index (χ2v) is 7.07. The Hall–Kier alpha value is -2.21. The van der Waals surface area contributed by atoms with Gasteiger partial charge in [-0.1, -0.05) is 18.2 Å². The normalized spacial score (nSPS) is 17.4. The molecule has 2 heterocycles. The summed E-state index contributed by atoms with van der Waals surface area (Å²) in [7, 11) is 0. The second kappa shape index (κ2) is 6.73. The molecule has 0 radical (unpaired) electrons. The lowest BCUT2D eigenvalue weighted by Crippen LogP contribution is -2.45. The van der Waals surface area contributed by atoms with Crippen molar-refractivity contribution in [2.75, 3.05) is 18.0 Å². The Bertz CT molecular complexity index is 757. The van der Waals surface area contributed by atoms with Crippen LogP contribution in [0.4, 0.5) is 5.69 Å². The third-order valence-corrected chi connectivity index (χ3v) is 5.38. The molecule has 6 heteroatoms. The standard InChI is InChI=1S/C18H21N3O2S/c1-4-20(18(23)16-12(2)19-13(3)24-16)15-10-11-21(17(15)22)14-8-6-5-7-9-14/h5-9,15H,4,10-11H2,1-3H3/t15-/m1/s1. The molecule has 0 aliphatic carbocycles. The molecular formula is C18H21N3O2S. The molecule has 0 bridgehead atoms. The zero-order valence-electron chi connectivity index (χ0n) is 14.2. The number of hydrogen-bond acceptors (Lipinski definition) is 4. The van der Waals surface area contributed by atoms with Crippen molar-refractivity contribution in [3.8, 4) is 0 Å². The molecule has 24 heavy (non-hydrogen) atoms. The average Bonchev–Trinajstić information content (AvgIpc) is 3.11. The van der Waals surface area contributed by atoms with E-state index in [1.165, 1.54) is 11.3 Å². The van der Waals surface area contributed by atoms with Crippen LogP contribution < -0.4 is 4.90 Å². The Morgan fingerprint density at radius 2 is 2.04 bits per heavy atom. The van der Waals surface area contributed by atoms with Crippen LogP contribution >= 0.6 is 11.3 Å². The van der Waals surface area contributed by atoms with Gasteiger partial charge in [-0.25, -0.2) is 4.98 Å². The number of nitrogens with zero attached hydrogens (tertiary/aromatic N) is 3. The molecule has 2 aromatic rings. The number of carbonyl (C=O) groups is 2. The lowest BCUT2D eigenvalue weighted by Gasteiger charge is -2.26. The van der Waals surface area contributed by atoms with Crippen LogP contribution in [0.1, 0.15) is 33.7 Å². The number of likely N-dealkylation sites (N-methyl/N-ethyl adjacent to an activating group) is 1. The van der Waals surface area contributed by atoms with Crippen LogP contribution in [0.25, 0.3) is 0 Å². The van der Waals surface area contributed by atoms with Gasteiger partial charge in [0.1, 0.15) is 10.9 Å². The van der Waals surface area contributed by atoms with Gasteiger partial charge in [0.2, 0.25) is 5.91 Å². The molecule has 0 spiro atoms. The summed E-state index contributed by atoms with van der Waals surface area (Å²) in [5.74, 6) is -0.0934. The van der Waals surface area contributed by atoms with Gasteiger partial charge < -0.3 is 9.80 Å². The Kier molecular flexibility index (Phi) is 4.66. The van der Waals surface area contributed by atoms with Crippen LogP contribution in [-0.4, -0.2) is 40.8 Å². The number of amides is 2. The number of thiazole rings is 1. The first-order valence-electron chi connectivity index (χ1n) is 8.14. The highest BCUT2D eigenvalue weighted by atomic mass is 32.1. The number of aromatic nitrogens is 1. The molecule has 1 aliphatic heterocycles. The maximum Gasteiger partial charge on any atom is 0.266 e. The molecule has 1 saturated heterocycles. The molecule has 0 N–H and O–H groups in total. The topological polar surface area (TPSA) is 53.5 Å². The van der Waals surface area contributed by atoms with Gasteiger partial charge in [0, 0.05) is 18.8 Å². The first-order valence-corrected chi connectivity index (χ1v) is 8.96. The van der Waals surface area contributed by atoms with Gasteiger partial charge in [-0.05, 0) is 39.3 Å². The van der Waals surface area contributed by atoms with Crippen molar-refractivity contribution in [1.82, 2.24) is 9.88 Å². The quantitative estimate of drug-likeness (QED) is 0.857. The molecule has 126 valence electrons. The number of aryl methyl sites for hydroxylation is 2. The molecule has 5 nitrogen and oxygen atoms in total. The van der Waals surface area contributed by atoms with Gasteiger partial charge in [0.25, 0.3) is 5.91 Å². The van der Waals surface area contributed by atoms with E-state index in [4.69, 9.17) is 0 Å². The van der Waals surface area contributed by atoms with Crippen LogP contribution in [0, 0.1) is 13.8 Å². The maximum absolute atomic E-state index is 12.9. The minimum Gasteiger partial charge on any atom is -0.326 e. The fourth-order valence-corrected chi connectivity index (χ4v) is 4.06. The van der Waals surface area contributed by atoms with E-state index in [9.17, 15) is 9.59 Å². The van der Waals surface area contributed by atoms with E-state index in [-0.39, 0.29) is 11.8 Å². The molecule has 1 aromatic heterocycles. The van der Waals surface area contributed by atoms with Crippen molar-refractivity contribution in [1.29, 1.82) is 0 Å². The second-order valence-electron chi connectivity index (χ2n) is 5.87. The third kappa shape index (κ3) is 2.94. The molecule has 3 rings (SSSR count). The maximum atomic E-state index is 12.9. The fourth-order valence-electron chi connectivity index (χ4n) is 3.18. The summed E-state index contributed by atoms with van der Waals surface area (Å²) in [4.78, 5) is 34.2. The van der Waals surface area contributed by atoms with E-state index < -0.39 is 6.04 Å². The number of hydrogen-bond donors (Lipinski definition) is 0. The van der Waals surface area contributed by atoms with Crippen LogP contribution in [0.2, 0.25) is 0 Å². The Morgan fingerprint density at radius 3 is 2.62 bits per heavy atom. The average molecular weight is 343 g/mol. The molecule has 0 unspecified atom stereocenters. The summed E-state index contributed by atoms with van der Waals surface area (Å²) in [6.45, 7) is 6.80. The van der Waals surface area contributed by atoms with Crippen molar-refractivity contribution in [3.63, 3.8) is 0 Å². The smallest absolute Gasteiger partial charge is 0.266 e. The minimum absolute atomic E-state index is 0.00436. The van der Waals surface area contributed by atoms with E-state index in [0.717, 1.165) is 16.4 Å². The summed E-state index contributed by atoms with van der Waals surface area (Å²) in [5.41, 5.74) is 1.63. The van der Waals surface area contributed by atoms with E-state index in [0.29, 0.717) is 24.4 Å². The van der Waals surface area contributed by atoms with E-state index in [1.54, 1.807) is 9.80 Å². The molecule has 1 fully saturated rings. The zero-order valence-corrected chi connectivity index (χ0v) is 15.0. The molecule has 1 atom stereocenters. The van der Waals surface area contributed by atoms with Crippen LogP contribution in [0.15, 0.2) is 30.3 Å². The summed E-state index contributed by atoms with van der Waals surface area (Å²) in [6.07, 6.45) is 0.657. The first kappa shape index (κ1) is 16.6. The number of rotatable bonds is 4. The molecular weight excluding hydrogens is 322 g/mol. The summed E-state index contributed by atoms with van der Waals surface area (Å²) in [5, 5.41) is 0.871. The number of carbonyl (C=O) groups excluding carboxylic acids is 2. The largest absolute Gasteiger partial charge is 0.326 e. The van der Waals surface area contributed by atoms with E-state index >= 15 is 0 Å². The molecule has 2 amide bonds. The molecule has 1 aromatic carbocycles. The lowest BCUT2D eigenvalue weighted by molar-refractivity contribution is -0.120. The van der Waals surface area contributed by atoms with Crippen molar-refractivity contribution in [3.05, 3.63) is 45.9 Å². The van der Waals surface area contributed by atoms with Gasteiger partial charge in [-0.3, -0.25) is 9.59 Å². The minimum atomic E-state index is -0.399. The van der Waals surface area contributed by atoms with E-state index in [1.807, 2.05) is 51.1 Å². The summed E-state index contributed by atoms with van der Waals surface area (Å²) < 4.78 is 0. The Balaban J connectivity index is 1.83. The van der Waals surface area contributed by atoms with Crippen molar-refractivity contribution in [2.45, 2.75) is 33.2 Å². The summed E-state index contributed by atoms with van der Waals surface area (Å²) >= 11 is 1.40. The fraction of sp³-hybridized carbons (Fsp3) is 0.389. The highest BCUT2D eigenvalue weighted by Gasteiger charge is 2.39. The number of para-hydroxylation sites is 1. The monoisotopic (exact) mass is 343 g/mol. The van der Waals surface area contributed by atoms with Gasteiger partial charge in [0.15, 0.2) is 0 Å². The SMILES string of the molecule is CCN(C(=O)c1sc(C)nc1C)[C@@H]1CCN(c2ccccc2)C1=O. The third-order valence-electron chi connectivity index (χ3n) is 4.32. The highest BCUT2D eigenvalue weighted by molar-refractivity contribution is 7.13. The summed E-state index contributed by atoms with van der Waals surface area (Å²) in [6, 6.07) is 9.22. The number of benzene rings is 1. The first-order chi connectivity index (χ1) is 11.5. The van der Waals surface area contributed by atoms with Gasteiger partial charge >= 0.3 is 0 Å². The highest BCUT2D eigenvalue weighted by Crippen LogP contribution is 2.27. The van der Waals surface area contributed by atoms with Crippen molar-refractivity contribution in [2.24, 2.45) is 0 Å². The predicted molar refractivity (Wildman–Crippen MR) is 95.5 cm³/mol. The molecule has 0 saturated carbocycles. The van der Waals surface area contributed by atoms with Crippen LogP contribution in [0.5, 0.6) is 0 Å².